The van der Waals surface area contributed by atoms with Crippen molar-refractivity contribution >= 4 is 21.5 Å². The number of sulfone groups is 1. The predicted octanol–water partition coefficient (Wildman–Crippen LogP) is 1.79. The Balaban J connectivity index is 2.76. The third-order valence-corrected chi connectivity index (χ3v) is 5.27. The Labute approximate surface area is 120 Å². The molecule has 1 N–H and O–H groups in total. The summed E-state index contributed by atoms with van der Waals surface area (Å²) in [6, 6.07) is 9.26. The van der Waals surface area contributed by atoms with Gasteiger partial charge in [0.15, 0.2) is 9.84 Å². The number of anilines is 1. The molecule has 0 spiro atoms. The van der Waals surface area contributed by atoms with Gasteiger partial charge in [-0.1, -0.05) is 18.2 Å². The molecule has 0 saturated heterocycles. The number of carboxylic acids is 1. The first-order valence-electron chi connectivity index (χ1n) is 6.56. The van der Waals surface area contributed by atoms with E-state index < -0.39 is 21.1 Å². The molecule has 0 aliphatic rings. The molecule has 0 atom stereocenters. The third kappa shape index (κ3) is 5.21. The smallest absolute Gasteiger partial charge is 0.305 e. The number of hydrogen-bond acceptors (Lipinski definition) is 4. The minimum absolute atomic E-state index is 0.0172. The molecule has 1 aromatic rings. The summed E-state index contributed by atoms with van der Waals surface area (Å²) >= 11 is 0. The highest BCUT2D eigenvalue weighted by Gasteiger charge is 2.18. The lowest BCUT2D eigenvalue weighted by atomic mass is 10.2. The standard InChI is InChI=1S/C14H21NO4S/c1-12(2)20(18,19)11-10-15(9-8-14(16)17)13-6-4-3-5-7-13/h3-7,12H,8-11H2,1-2H3,(H,16,17). The summed E-state index contributed by atoms with van der Waals surface area (Å²) in [5.41, 5.74) is 0.840. The second-order valence-corrected chi connectivity index (χ2v) is 7.56. The molecule has 0 radical (unpaired) electrons. The molecule has 112 valence electrons. The average Bonchev–Trinajstić information content (AvgIpc) is 2.39. The van der Waals surface area contributed by atoms with Gasteiger partial charge in [0.1, 0.15) is 0 Å². The molecule has 0 aliphatic carbocycles. The Bertz CT molecular complexity index is 525. The molecule has 0 amide bonds. The van der Waals surface area contributed by atoms with Crippen molar-refractivity contribution in [3.05, 3.63) is 30.3 Å². The Hall–Kier alpha value is -1.56. The van der Waals surface area contributed by atoms with Gasteiger partial charge in [0.05, 0.1) is 17.4 Å². The monoisotopic (exact) mass is 299 g/mol. The Morgan fingerprint density at radius 2 is 1.80 bits per heavy atom. The van der Waals surface area contributed by atoms with E-state index in [0.717, 1.165) is 5.69 Å². The maximum absolute atomic E-state index is 11.9. The second-order valence-electron chi connectivity index (χ2n) is 4.88. The molecule has 0 heterocycles. The summed E-state index contributed by atoms with van der Waals surface area (Å²) in [7, 11) is -3.13. The summed E-state index contributed by atoms with van der Waals surface area (Å²) in [4.78, 5) is 12.5. The molecule has 5 nitrogen and oxygen atoms in total. The minimum Gasteiger partial charge on any atom is -0.481 e. The lowest BCUT2D eigenvalue weighted by Gasteiger charge is -2.24. The zero-order valence-corrected chi connectivity index (χ0v) is 12.6. The number of carbonyl (C=O) groups is 1. The zero-order chi connectivity index (χ0) is 15.2. The van der Waals surface area contributed by atoms with E-state index in [1.165, 1.54) is 0 Å². The van der Waals surface area contributed by atoms with Crippen molar-refractivity contribution in [1.29, 1.82) is 0 Å². The molecule has 0 fully saturated rings. The van der Waals surface area contributed by atoms with Gasteiger partial charge in [0, 0.05) is 18.8 Å². The number of hydrogen-bond donors (Lipinski definition) is 1. The van der Waals surface area contributed by atoms with Gasteiger partial charge in [-0.15, -0.1) is 0 Å². The Morgan fingerprint density at radius 1 is 1.20 bits per heavy atom. The van der Waals surface area contributed by atoms with Crippen LogP contribution in [0.25, 0.3) is 0 Å². The van der Waals surface area contributed by atoms with E-state index in [4.69, 9.17) is 5.11 Å². The number of rotatable bonds is 8. The van der Waals surface area contributed by atoms with Crippen LogP contribution in [0.4, 0.5) is 5.69 Å². The normalized spacial score (nSPS) is 11.6. The van der Waals surface area contributed by atoms with Crippen LogP contribution in [-0.4, -0.2) is 43.6 Å². The van der Waals surface area contributed by atoms with Crippen LogP contribution in [0.1, 0.15) is 20.3 Å². The number of aliphatic carboxylic acids is 1. The molecule has 1 aromatic carbocycles. The highest BCUT2D eigenvalue weighted by Crippen LogP contribution is 2.14. The maximum atomic E-state index is 11.9. The molecular weight excluding hydrogens is 278 g/mol. The molecule has 6 heteroatoms. The van der Waals surface area contributed by atoms with E-state index in [1.807, 2.05) is 30.3 Å². The highest BCUT2D eigenvalue weighted by atomic mass is 32.2. The lowest BCUT2D eigenvalue weighted by Crippen LogP contribution is -2.33. The first-order chi connectivity index (χ1) is 9.33. The average molecular weight is 299 g/mol. The first-order valence-corrected chi connectivity index (χ1v) is 8.28. The SMILES string of the molecule is CC(C)S(=O)(=O)CCN(CCC(=O)O)c1ccccc1. The van der Waals surface area contributed by atoms with Crippen molar-refractivity contribution in [1.82, 2.24) is 0 Å². The zero-order valence-electron chi connectivity index (χ0n) is 11.8. The van der Waals surface area contributed by atoms with Crippen LogP contribution in [0.3, 0.4) is 0 Å². The maximum Gasteiger partial charge on any atom is 0.305 e. The quantitative estimate of drug-likeness (QED) is 0.792. The van der Waals surface area contributed by atoms with Gasteiger partial charge in [0.2, 0.25) is 0 Å². The number of para-hydroxylation sites is 1. The topological polar surface area (TPSA) is 74.7 Å². The van der Waals surface area contributed by atoms with Crippen LogP contribution >= 0.6 is 0 Å². The van der Waals surface area contributed by atoms with Gasteiger partial charge in [0.25, 0.3) is 0 Å². The van der Waals surface area contributed by atoms with Gasteiger partial charge in [-0.05, 0) is 26.0 Å². The minimum atomic E-state index is -3.13. The second kappa shape index (κ2) is 7.28. The van der Waals surface area contributed by atoms with E-state index in [1.54, 1.807) is 18.7 Å². The Morgan fingerprint density at radius 3 is 2.30 bits per heavy atom. The molecule has 0 aliphatic heterocycles. The van der Waals surface area contributed by atoms with E-state index in [0.29, 0.717) is 13.1 Å². The molecule has 0 aromatic heterocycles. The lowest BCUT2D eigenvalue weighted by molar-refractivity contribution is -0.136. The molecule has 0 bridgehead atoms. The summed E-state index contributed by atoms with van der Waals surface area (Å²) < 4.78 is 23.7. The number of nitrogens with zero attached hydrogens (tertiary/aromatic N) is 1. The van der Waals surface area contributed by atoms with E-state index in [2.05, 4.69) is 0 Å². The first kappa shape index (κ1) is 16.5. The molecule has 1 rings (SSSR count). The van der Waals surface area contributed by atoms with Crippen molar-refractivity contribution < 1.29 is 18.3 Å². The van der Waals surface area contributed by atoms with Crippen molar-refractivity contribution in [3.8, 4) is 0 Å². The van der Waals surface area contributed by atoms with Crippen LogP contribution < -0.4 is 4.90 Å². The van der Waals surface area contributed by atoms with E-state index in [-0.39, 0.29) is 12.2 Å². The number of carboxylic acid groups (broad SMARTS) is 1. The van der Waals surface area contributed by atoms with E-state index >= 15 is 0 Å². The van der Waals surface area contributed by atoms with Gasteiger partial charge in [-0.2, -0.15) is 0 Å². The highest BCUT2D eigenvalue weighted by molar-refractivity contribution is 7.92. The summed E-state index contributed by atoms with van der Waals surface area (Å²) in [6.45, 7) is 3.91. The fraction of sp³-hybridized carbons (Fsp3) is 0.500. The molecule has 0 saturated carbocycles. The van der Waals surface area contributed by atoms with E-state index in [9.17, 15) is 13.2 Å². The van der Waals surface area contributed by atoms with Gasteiger partial charge >= 0.3 is 5.97 Å². The van der Waals surface area contributed by atoms with Crippen molar-refractivity contribution in [2.75, 3.05) is 23.7 Å². The fourth-order valence-electron chi connectivity index (χ4n) is 1.71. The van der Waals surface area contributed by atoms with Crippen molar-refractivity contribution in [2.24, 2.45) is 0 Å². The molecular formula is C14H21NO4S. The fourth-order valence-corrected chi connectivity index (χ4v) is 2.66. The number of benzene rings is 1. The molecule has 0 unspecified atom stereocenters. The van der Waals surface area contributed by atoms with Gasteiger partial charge < -0.3 is 10.0 Å². The van der Waals surface area contributed by atoms with Crippen LogP contribution in [0, 0.1) is 0 Å². The van der Waals surface area contributed by atoms with Gasteiger partial charge in [-0.3, -0.25) is 4.79 Å². The Kier molecular flexibility index (Phi) is 6.01. The van der Waals surface area contributed by atoms with Gasteiger partial charge in [-0.25, -0.2) is 8.42 Å². The summed E-state index contributed by atoms with van der Waals surface area (Å²) in [6.07, 6.45) is -0.0172. The van der Waals surface area contributed by atoms with Crippen molar-refractivity contribution in [2.45, 2.75) is 25.5 Å². The van der Waals surface area contributed by atoms with Crippen LogP contribution in [0.5, 0.6) is 0 Å². The van der Waals surface area contributed by atoms with Crippen LogP contribution in [-0.2, 0) is 14.6 Å². The largest absolute Gasteiger partial charge is 0.481 e. The van der Waals surface area contributed by atoms with Crippen molar-refractivity contribution in [3.63, 3.8) is 0 Å². The summed E-state index contributed by atoms with van der Waals surface area (Å²) in [5, 5.41) is 8.36. The summed E-state index contributed by atoms with van der Waals surface area (Å²) in [5.74, 6) is -0.864. The third-order valence-electron chi connectivity index (χ3n) is 3.08. The predicted molar refractivity (Wildman–Crippen MR) is 79.8 cm³/mol. The molecule has 20 heavy (non-hydrogen) atoms. The van der Waals surface area contributed by atoms with Crippen LogP contribution in [0.2, 0.25) is 0 Å². The van der Waals surface area contributed by atoms with Crippen LogP contribution in [0.15, 0.2) is 30.3 Å².